The summed E-state index contributed by atoms with van der Waals surface area (Å²) >= 11 is 0. The van der Waals surface area contributed by atoms with E-state index in [-0.39, 0.29) is 13.2 Å². The lowest BCUT2D eigenvalue weighted by molar-refractivity contribution is -0.154. The lowest BCUT2D eigenvalue weighted by atomic mass is 9.92. The van der Waals surface area contributed by atoms with Gasteiger partial charge in [-0.25, -0.2) is 13.6 Å². The van der Waals surface area contributed by atoms with E-state index >= 15 is 0 Å². The van der Waals surface area contributed by atoms with Gasteiger partial charge >= 0.3 is 12.1 Å². The molecule has 8 heteroatoms. The van der Waals surface area contributed by atoms with Gasteiger partial charge in [-0.15, -0.1) is 0 Å². The summed E-state index contributed by atoms with van der Waals surface area (Å²) < 4.78 is 39.9. The van der Waals surface area contributed by atoms with E-state index in [0.29, 0.717) is 13.0 Å². The maximum atomic E-state index is 14.8. The molecular weight excluding hydrogens is 358 g/mol. The molecule has 0 aromatic rings. The van der Waals surface area contributed by atoms with Crippen LogP contribution in [-0.4, -0.2) is 71.7 Å². The van der Waals surface area contributed by atoms with Crippen LogP contribution in [0.5, 0.6) is 0 Å². The van der Waals surface area contributed by atoms with Crippen LogP contribution in [0.25, 0.3) is 0 Å². The van der Waals surface area contributed by atoms with Gasteiger partial charge in [-0.3, -0.25) is 14.6 Å². The fourth-order valence-electron chi connectivity index (χ4n) is 3.75. The number of nitrogens with zero attached hydrogens (tertiary/aromatic N) is 2. The third-order valence-electron chi connectivity index (χ3n) is 4.80. The van der Waals surface area contributed by atoms with E-state index in [1.807, 2.05) is 0 Å². The van der Waals surface area contributed by atoms with Gasteiger partial charge in [0.25, 0.3) is 5.92 Å². The Morgan fingerprint density at radius 3 is 2.44 bits per heavy atom. The van der Waals surface area contributed by atoms with Crippen molar-refractivity contribution in [3.8, 4) is 0 Å². The van der Waals surface area contributed by atoms with Gasteiger partial charge in [-0.1, -0.05) is 12.7 Å². The Hall–Kier alpha value is -1.70. The Bertz CT molecular complexity index is 601. The SMILES string of the molecule is C=CCOC(=O)C(C)(C)CN1CCC2C1C(F)(F)CN2C(=O)OC(C)(C)C. The first-order valence-corrected chi connectivity index (χ1v) is 9.18. The predicted octanol–water partition coefficient (Wildman–Crippen LogP) is 3.07. The van der Waals surface area contributed by atoms with Gasteiger partial charge < -0.3 is 9.47 Å². The van der Waals surface area contributed by atoms with Gasteiger partial charge in [0.05, 0.1) is 24.0 Å². The van der Waals surface area contributed by atoms with E-state index in [1.54, 1.807) is 39.5 Å². The van der Waals surface area contributed by atoms with Crippen LogP contribution in [0.4, 0.5) is 13.6 Å². The van der Waals surface area contributed by atoms with Gasteiger partial charge in [-0.05, 0) is 41.0 Å². The number of rotatable bonds is 5. The second-order valence-electron chi connectivity index (χ2n) is 8.91. The maximum Gasteiger partial charge on any atom is 0.410 e. The van der Waals surface area contributed by atoms with Crippen LogP contribution in [0.15, 0.2) is 12.7 Å². The highest BCUT2D eigenvalue weighted by Crippen LogP contribution is 2.43. The van der Waals surface area contributed by atoms with Gasteiger partial charge in [0.1, 0.15) is 12.2 Å². The molecule has 2 rings (SSSR count). The number of hydrogen-bond acceptors (Lipinski definition) is 5. The number of carbonyl (C=O) groups excluding carboxylic acids is 2. The van der Waals surface area contributed by atoms with Crippen LogP contribution >= 0.6 is 0 Å². The number of carbonyl (C=O) groups is 2. The fraction of sp³-hybridized carbons (Fsp3) is 0.789. The molecule has 2 atom stereocenters. The topological polar surface area (TPSA) is 59.1 Å². The molecule has 27 heavy (non-hydrogen) atoms. The molecule has 0 N–H and O–H groups in total. The molecule has 0 aliphatic carbocycles. The van der Waals surface area contributed by atoms with Crippen LogP contribution in [0.2, 0.25) is 0 Å². The summed E-state index contributed by atoms with van der Waals surface area (Å²) in [4.78, 5) is 27.3. The van der Waals surface area contributed by atoms with Crippen LogP contribution in [0, 0.1) is 5.41 Å². The molecule has 154 valence electrons. The molecule has 2 fully saturated rings. The van der Waals surface area contributed by atoms with Gasteiger partial charge in [0.2, 0.25) is 0 Å². The van der Waals surface area contributed by atoms with Crippen molar-refractivity contribution in [2.75, 3.05) is 26.2 Å². The molecule has 2 saturated heterocycles. The first kappa shape index (κ1) is 21.6. The zero-order chi connectivity index (χ0) is 20.6. The maximum absolute atomic E-state index is 14.8. The Labute approximate surface area is 159 Å². The van der Waals surface area contributed by atoms with E-state index in [2.05, 4.69) is 6.58 Å². The summed E-state index contributed by atoms with van der Waals surface area (Å²) in [5, 5.41) is 0. The first-order chi connectivity index (χ1) is 12.3. The Kier molecular flexibility index (Phi) is 5.90. The highest BCUT2D eigenvalue weighted by Gasteiger charge is 2.61. The van der Waals surface area contributed by atoms with Crippen LogP contribution in [0.1, 0.15) is 41.0 Å². The minimum absolute atomic E-state index is 0.0803. The number of esters is 1. The van der Waals surface area contributed by atoms with Crippen molar-refractivity contribution in [2.24, 2.45) is 5.41 Å². The summed E-state index contributed by atoms with van der Waals surface area (Å²) in [7, 11) is 0. The summed E-state index contributed by atoms with van der Waals surface area (Å²) in [5.41, 5.74) is -1.70. The normalized spacial score (nSPS) is 25.2. The van der Waals surface area contributed by atoms with Gasteiger partial charge in [0.15, 0.2) is 0 Å². The number of alkyl halides is 2. The molecule has 0 radical (unpaired) electrons. The lowest BCUT2D eigenvalue weighted by Gasteiger charge is -2.33. The second kappa shape index (κ2) is 7.37. The number of amides is 1. The minimum atomic E-state index is -3.07. The van der Waals surface area contributed by atoms with E-state index in [0.717, 1.165) is 4.90 Å². The zero-order valence-corrected chi connectivity index (χ0v) is 16.8. The van der Waals surface area contributed by atoms with E-state index in [9.17, 15) is 18.4 Å². The summed E-state index contributed by atoms with van der Waals surface area (Å²) in [6.07, 6.45) is 1.15. The summed E-state index contributed by atoms with van der Waals surface area (Å²) in [5.74, 6) is -3.53. The van der Waals surface area contributed by atoms with Crippen molar-refractivity contribution in [1.29, 1.82) is 0 Å². The molecule has 2 aliphatic heterocycles. The fourth-order valence-corrected chi connectivity index (χ4v) is 3.75. The molecule has 6 nitrogen and oxygen atoms in total. The van der Waals surface area contributed by atoms with E-state index in [4.69, 9.17) is 9.47 Å². The average Bonchev–Trinajstić information content (AvgIpc) is 3.03. The number of halogens is 2. The lowest BCUT2D eigenvalue weighted by Crippen LogP contribution is -2.50. The predicted molar refractivity (Wildman–Crippen MR) is 96.6 cm³/mol. The van der Waals surface area contributed by atoms with Gasteiger partial charge in [0, 0.05) is 13.1 Å². The molecule has 0 bridgehead atoms. The molecule has 2 aliphatic rings. The van der Waals surface area contributed by atoms with Crippen LogP contribution in [0.3, 0.4) is 0 Å². The number of likely N-dealkylation sites (tertiary alicyclic amines) is 2. The van der Waals surface area contributed by atoms with Crippen molar-refractivity contribution in [3.63, 3.8) is 0 Å². The molecule has 0 spiro atoms. The largest absolute Gasteiger partial charge is 0.461 e. The Morgan fingerprint density at radius 2 is 1.89 bits per heavy atom. The Balaban J connectivity index is 2.12. The Morgan fingerprint density at radius 1 is 1.26 bits per heavy atom. The van der Waals surface area contributed by atoms with Crippen LogP contribution < -0.4 is 0 Å². The first-order valence-electron chi connectivity index (χ1n) is 9.18. The summed E-state index contributed by atoms with van der Waals surface area (Å²) in [6.45, 7) is 11.9. The smallest absolute Gasteiger partial charge is 0.410 e. The van der Waals surface area contributed by atoms with Gasteiger partial charge in [-0.2, -0.15) is 0 Å². The molecule has 0 aromatic heterocycles. The molecular formula is C19H30F2N2O4. The number of hydrogen-bond donors (Lipinski definition) is 0. The second-order valence-corrected chi connectivity index (χ2v) is 8.91. The van der Waals surface area contributed by atoms with E-state index < -0.39 is 47.6 Å². The summed E-state index contributed by atoms with van der Waals surface area (Å²) in [6, 6.07) is -1.76. The average molecular weight is 388 g/mol. The zero-order valence-electron chi connectivity index (χ0n) is 16.8. The highest BCUT2D eigenvalue weighted by molar-refractivity contribution is 5.76. The van der Waals surface area contributed by atoms with Crippen molar-refractivity contribution in [3.05, 3.63) is 12.7 Å². The molecule has 0 aromatic carbocycles. The van der Waals surface area contributed by atoms with Crippen molar-refractivity contribution in [1.82, 2.24) is 9.80 Å². The molecule has 1 amide bonds. The molecule has 2 heterocycles. The quantitative estimate of drug-likeness (QED) is 0.535. The third-order valence-corrected chi connectivity index (χ3v) is 4.80. The number of fused-ring (bicyclic) bond motifs is 1. The van der Waals surface area contributed by atoms with Crippen molar-refractivity contribution in [2.45, 2.75) is 64.6 Å². The molecule has 2 unspecified atom stereocenters. The monoisotopic (exact) mass is 388 g/mol. The van der Waals surface area contributed by atoms with E-state index in [1.165, 1.54) is 6.08 Å². The number of ether oxygens (including phenoxy) is 2. The van der Waals surface area contributed by atoms with Crippen LogP contribution in [-0.2, 0) is 14.3 Å². The highest BCUT2D eigenvalue weighted by atomic mass is 19.3. The van der Waals surface area contributed by atoms with Crippen molar-refractivity contribution < 1.29 is 27.8 Å². The minimum Gasteiger partial charge on any atom is -0.461 e. The van der Waals surface area contributed by atoms with Crippen molar-refractivity contribution >= 4 is 12.1 Å². The third kappa shape index (κ3) is 4.78. The molecule has 0 saturated carbocycles. The standard InChI is InChI=1S/C19H30F2N2O4/c1-7-10-26-15(24)18(5,6)11-22-9-8-13-14(22)19(20,21)12-23(13)16(25)27-17(2,3)4/h7,13-14H,1,8-12H2,2-6H3.